The smallest absolute Gasteiger partial charge is 0.336 e. The van der Waals surface area contributed by atoms with Gasteiger partial charge in [0.05, 0.1) is 19.3 Å². The van der Waals surface area contributed by atoms with Gasteiger partial charge in [0, 0.05) is 46.2 Å². The van der Waals surface area contributed by atoms with E-state index in [0.717, 1.165) is 31.2 Å². The summed E-state index contributed by atoms with van der Waals surface area (Å²) in [5, 5.41) is -1.02. The molecule has 0 bridgehead atoms. The molecule has 0 fully saturated rings. The van der Waals surface area contributed by atoms with Crippen molar-refractivity contribution in [2.24, 2.45) is 5.89 Å². The number of carbonyl (C=O) groups excluding carboxylic acids is 1. The van der Waals surface area contributed by atoms with E-state index in [1.54, 1.807) is 18.7 Å². The Morgan fingerprint density at radius 1 is 1.02 bits per heavy atom. The number of benzene rings is 3. The molecule has 0 N–H and O–H groups in total. The maximum atomic E-state index is 15.0. The number of rotatable bonds is 13. The highest BCUT2D eigenvalue weighted by atomic mass is 32.2. The van der Waals surface area contributed by atoms with Crippen LogP contribution in [0.2, 0.25) is 0 Å². The first-order valence-electron chi connectivity index (χ1n) is 23.1. The molecule has 1 heterocycles. The summed E-state index contributed by atoms with van der Waals surface area (Å²) >= 11 is -0.0231. The summed E-state index contributed by atoms with van der Waals surface area (Å²) < 4.78 is 204. The zero-order valence-corrected chi connectivity index (χ0v) is 26.7. The van der Waals surface area contributed by atoms with Gasteiger partial charge in [0.2, 0.25) is 5.91 Å². The zero-order valence-electron chi connectivity index (χ0n) is 42.9. The van der Waals surface area contributed by atoms with E-state index in [2.05, 4.69) is 4.98 Å². The second kappa shape index (κ2) is 15.5. The third-order valence-electron chi connectivity index (χ3n) is 7.05. The largest absolute Gasteiger partial charge is 0.416 e. The second-order valence-electron chi connectivity index (χ2n) is 10.3. The molecule has 1 aromatic heterocycles. The van der Waals surface area contributed by atoms with Gasteiger partial charge in [-0.25, -0.2) is 4.39 Å². The topological polar surface area (TPSA) is 58.4 Å². The molecule has 48 heavy (non-hydrogen) atoms. The van der Waals surface area contributed by atoms with E-state index in [9.17, 15) is 29.9 Å². The SMILES string of the molecule is [2H]c1c([2H])c(-c2c([2H])c([2H])c(C(F)(F)F)c([2H])c2[2H])c([2H])c([2H])c1CN(CCN(CC)CC)C(=O)C([2H])([2H])n1c(SC([2H])([2H])c2ccc(F)cc2)nc(=O)c2c1C([2H])([2H])C([2H])(C)C2([2H])[2H]. The van der Waals surface area contributed by atoms with Crippen molar-refractivity contribution in [3.63, 3.8) is 0 Å². The number of fused-ring (bicyclic) bond motifs is 1. The van der Waals surface area contributed by atoms with E-state index in [1.807, 2.05) is 0 Å². The molecule has 254 valence electrons. The van der Waals surface area contributed by atoms with Crippen LogP contribution in [-0.4, -0.2) is 51.4 Å². The quantitative estimate of drug-likeness (QED) is 0.0825. The first kappa shape index (κ1) is 19.3. The molecule has 0 saturated carbocycles. The standard InChI is InChI=1S/C37H40F4N4O2S/c1-4-43(5-2)18-19-44(22-26-6-10-28(11-7-26)29-12-14-30(15-13-29)37(39,40)41)34(46)23-45-33-21-25(3)20-32(33)35(47)42-36(45)48-24-27-8-16-31(38)17-9-27/h6-17,25H,4-5,18-24H2,1-3H3/i6D,7D,10D,11D,12D,13D,14D,15D,20D2,21D2,23D2,24D2,25D. The summed E-state index contributed by atoms with van der Waals surface area (Å²) in [6.07, 6.45) is -11.9. The predicted octanol–water partition coefficient (Wildman–Crippen LogP) is 7.47. The minimum atomic E-state index is -5.35. The van der Waals surface area contributed by atoms with Crippen molar-refractivity contribution < 1.29 is 45.7 Å². The Hall–Kier alpha value is -3.96. The van der Waals surface area contributed by atoms with E-state index < -0.39 is 154 Å². The molecule has 0 spiro atoms. The number of halogens is 4. The van der Waals surface area contributed by atoms with Crippen molar-refractivity contribution in [2.75, 3.05) is 26.2 Å². The maximum absolute atomic E-state index is 15.0. The fourth-order valence-corrected chi connectivity index (χ4v) is 5.16. The van der Waals surface area contributed by atoms with Crippen LogP contribution >= 0.6 is 11.8 Å². The third-order valence-corrected chi connectivity index (χ3v) is 7.84. The van der Waals surface area contributed by atoms with Crippen LogP contribution in [0.15, 0.2) is 82.6 Å². The Morgan fingerprint density at radius 2 is 1.65 bits per heavy atom. The summed E-state index contributed by atoms with van der Waals surface area (Å²) in [6, 6.07) is -6.13. The lowest BCUT2D eigenvalue weighted by Crippen LogP contribution is -2.40. The molecule has 5 rings (SSSR count). The van der Waals surface area contributed by atoms with E-state index in [0.29, 0.717) is 18.0 Å². The molecule has 1 unspecified atom stereocenters. The Balaban J connectivity index is 1.77. The molecule has 0 radical (unpaired) electrons. The van der Waals surface area contributed by atoms with Crippen molar-refractivity contribution in [1.82, 2.24) is 19.4 Å². The van der Waals surface area contributed by atoms with Gasteiger partial charge in [-0.05, 0) is 78.2 Å². The number of nitrogens with zero attached hydrogens (tertiary/aromatic N) is 4. The highest BCUT2D eigenvalue weighted by Crippen LogP contribution is 2.32. The number of amides is 1. The highest BCUT2D eigenvalue weighted by Gasteiger charge is 2.30. The number of carbonyl (C=O) groups is 1. The lowest BCUT2D eigenvalue weighted by atomic mass is 10.0. The summed E-state index contributed by atoms with van der Waals surface area (Å²) in [5.41, 5.74) is -11.4. The molecule has 1 atom stereocenters. The van der Waals surface area contributed by atoms with Gasteiger partial charge in [-0.2, -0.15) is 18.2 Å². The molecule has 6 nitrogen and oxygen atoms in total. The van der Waals surface area contributed by atoms with E-state index in [-0.39, 0.29) is 28.4 Å². The van der Waals surface area contributed by atoms with Crippen LogP contribution in [-0.2, 0) is 42.5 Å². The molecule has 3 aromatic carbocycles. The summed E-state index contributed by atoms with van der Waals surface area (Å²) in [6.45, 7) is -0.289. The number of aromatic nitrogens is 2. The molecular formula is C37H40F4N4O2S. The fourth-order valence-electron chi connectivity index (χ4n) is 4.46. The van der Waals surface area contributed by atoms with Crippen LogP contribution in [0.5, 0.6) is 0 Å². The van der Waals surface area contributed by atoms with Crippen molar-refractivity contribution in [3.8, 4) is 11.1 Å². The minimum absolute atomic E-state index is 0.0231. The van der Waals surface area contributed by atoms with Crippen LogP contribution in [0.4, 0.5) is 17.6 Å². The number of likely N-dealkylation sites (N-methyl/N-ethyl adjacent to an activating group) is 1. The van der Waals surface area contributed by atoms with Crippen LogP contribution in [0, 0.1) is 11.7 Å². The minimum Gasteiger partial charge on any atom is -0.336 e. The molecule has 0 saturated heterocycles. The van der Waals surface area contributed by atoms with Gasteiger partial charge >= 0.3 is 6.18 Å². The molecule has 1 aliphatic rings. The van der Waals surface area contributed by atoms with Crippen LogP contribution in [0.25, 0.3) is 11.1 Å². The predicted molar refractivity (Wildman–Crippen MR) is 181 cm³/mol. The maximum Gasteiger partial charge on any atom is 0.416 e. The van der Waals surface area contributed by atoms with E-state index in [1.165, 1.54) is 0 Å². The van der Waals surface area contributed by atoms with Gasteiger partial charge in [-0.1, -0.05) is 80.9 Å². The molecule has 4 aromatic rings. The number of hydrogen-bond acceptors (Lipinski definition) is 5. The molecule has 11 heteroatoms. The first-order valence-corrected chi connectivity index (χ1v) is 15.4. The van der Waals surface area contributed by atoms with Crippen molar-refractivity contribution in [3.05, 3.63) is 117 Å². The average Bonchev–Trinajstić information content (AvgIpc) is 3.31. The summed E-state index contributed by atoms with van der Waals surface area (Å²) in [5.74, 6) is -5.34. The summed E-state index contributed by atoms with van der Waals surface area (Å²) in [4.78, 5) is 34.8. The Morgan fingerprint density at radius 3 is 2.25 bits per heavy atom. The van der Waals surface area contributed by atoms with Crippen molar-refractivity contribution in [2.45, 2.75) is 63.6 Å². The number of alkyl halides is 3. The van der Waals surface area contributed by atoms with E-state index >= 15 is 0 Å². The van der Waals surface area contributed by atoms with Crippen molar-refractivity contribution in [1.29, 1.82) is 0 Å². The molecule has 1 amide bonds. The highest BCUT2D eigenvalue weighted by molar-refractivity contribution is 7.98. The number of hydrogen-bond donors (Lipinski definition) is 0. The Bertz CT molecular complexity index is 2570. The lowest BCUT2D eigenvalue weighted by molar-refractivity contribution is -0.137. The number of thioether (sulfide) groups is 1. The van der Waals surface area contributed by atoms with E-state index in [4.69, 9.17) is 20.6 Å². The van der Waals surface area contributed by atoms with Gasteiger partial charge in [0.25, 0.3) is 5.56 Å². The van der Waals surface area contributed by atoms with Gasteiger partial charge < -0.3 is 14.4 Å². The first-order chi connectivity index (χ1) is 29.7. The van der Waals surface area contributed by atoms with Crippen LogP contribution in [0.1, 0.15) is 72.0 Å². The van der Waals surface area contributed by atoms with Crippen molar-refractivity contribution >= 4 is 17.7 Å². The molecular weight excluding hydrogens is 640 g/mol. The average molecular weight is 698 g/mol. The fraction of sp³-hybridized carbons (Fsp3) is 0.378. The monoisotopic (exact) mass is 697 g/mol. The second-order valence-corrected chi connectivity index (χ2v) is 11.1. The molecule has 0 aliphatic heterocycles. The summed E-state index contributed by atoms with van der Waals surface area (Å²) in [7, 11) is 0. The molecule has 1 aliphatic carbocycles. The third kappa shape index (κ3) is 8.73. The lowest BCUT2D eigenvalue weighted by Gasteiger charge is -2.28. The Kier molecular flexibility index (Phi) is 6.23. The van der Waals surface area contributed by atoms with Gasteiger partial charge in [0.1, 0.15) is 12.3 Å². The van der Waals surface area contributed by atoms with Gasteiger partial charge in [-0.15, -0.1) is 0 Å². The van der Waals surface area contributed by atoms with Crippen LogP contribution in [0.3, 0.4) is 0 Å². The van der Waals surface area contributed by atoms with Gasteiger partial charge in [-0.3, -0.25) is 9.59 Å². The zero-order chi connectivity index (χ0) is 49.5. The normalized spacial score (nSPS) is 23.7. The van der Waals surface area contributed by atoms with Gasteiger partial charge in [0.15, 0.2) is 5.16 Å². The Labute approximate surface area is 306 Å². The van der Waals surface area contributed by atoms with Crippen LogP contribution < -0.4 is 5.56 Å².